The molecule has 0 unspecified atom stereocenters. The number of aliphatic carboxylic acids is 1. The van der Waals surface area contributed by atoms with E-state index >= 15 is 0 Å². The third-order valence-corrected chi connectivity index (χ3v) is 3.12. The summed E-state index contributed by atoms with van der Waals surface area (Å²) < 4.78 is 5.23. The summed E-state index contributed by atoms with van der Waals surface area (Å²) in [5.74, 6) is -1.04. The van der Waals surface area contributed by atoms with Gasteiger partial charge in [0.15, 0.2) is 0 Å². The number of esters is 1. The van der Waals surface area contributed by atoms with E-state index in [2.05, 4.69) is 0 Å². The molecule has 0 saturated heterocycles. The minimum Gasteiger partial charge on any atom is -0.481 e. The van der Waals surface area contributed by atoms with E-state index in [0.29, 0.717) is 6.42 Å². The number of unbranched alkanes of at least 4 members (excludes halogenated alkanes) is 6. The molecule has 0 saturated carbocycles. The van der Waals surface area contributed by atoms with E-state index in [4.69, 9.17) is 15.6 Å². The van der Waals surface area contributed by atoms with Crippen molar-refractivity contribution in [1.29, 1.82) is 0 Å². The fraction of sp³-hybridized carbons (Fsp3) is 0.875. The second-order valence-corrected chi connectivity index (χ2v) is 6.55. The van der Waals surface area contributed by atoms with E-state index in [1.54, 1.807) is 0 Å². The quantitative estimate of drug-likeness (QED) is 0.451. The summed E-state index contributed by atoms with van der Waals surface area (Å²) in [4.78, 5) is 22.0. The van der Waals surface area contributed by atoms with E-state index in [1.165, 1.54) is 0 Å². The Morgan fingerprint density at radius 2 is 1.48 bits per heavy atom. The van der Waals surface area contributed by atoms with Crippen LogP contribution < -0.4 is 5.73 Å². The average Bonchev–Trinajstić information content (AvgIpc) is 2.34. The summed E-state index contributed by atoms with van der Waals surface area (Å²) in [6.07, 6.45) is 7.94. The van der Waals surface area contributed by atoms with Crippen LogP contribution in [-0.4, -0.2) is 28.7 Å². The SMILES string of the molecule is CC(C)(C)OC(=O)[C@@H](N)CCCCCCCCCC(=O)O. The molecule has 5 nitrogen and oxygen atoms in total. The van der Waals surface area contributed by atoms with Crippen LogP contribution in [0.4, 0.5) is 0 Å². The molecule has 124 valence electrons. The third-order valence-electron chi connectivity index (χ3n) is 3.12. The van der Waals surface area contributed by atoms with Gasteiger partial charge in [-0.15, -0.1) is 0 Å². The molecule has 0 rings (SSSR count). The standard InChI is InChI=1S/C16H31NO4/c1-16(2,3)21-15(20)13(17)11-9-7-5-4-6-8-10-12-14(18)19/h13H,4-12,17H2,1-3H3,(H,18,19)/t13-/m0/s1. The lowest BCUT2D eigenvalue weighted by molar-refractivity contribution is -0.156. The van der Waals surface area contributed by atoms with Gasteiger partial charge in [0.1, 0.15) is 11.6 Å². The minimum absolute atomic E-state index is 0.269. The number of carbonyl (C=O) groups excluding carboxylic acids is 1. The van der Waals surface area contributed by atoms with Gasteiger partial charge in [0.25, 0.3) is 0 Å². The summed E-state index contributed by atoms with van der Waals surface area (Å²) >= 11 is 0. The first-order valence-electron chi connectivity index (χ1n) is 7.92. The van der Waals surface area contributed by atoms with Crippen molar-refractivity contribution in [2.75, 3.05) is 0 Å². The molecule has 5 heteroatoms. The second kappa shape index (κ2) is 10.6. The van der Waals surface area contributed by atoms with Crippen LogP contribution in [0.15, 0.2) is 0 Å². The summed E-state index contributed by atoms with van der Waals surface area (Å²) in [7, 11) is 0. The zero-order valence-corrected chi connectivity index (χ0v) is 13.7. The van der Waals surface area contributed by atoms with E-state index in [-0.39, 0.29) is 12.4 Å². The predicted octanol–water partition coefficient (Wildman–Crippen LogP) is 3.25. The van der Waals surface area contributed by atoms with Gasteiger partial charge in [-0.3, -0.25) is 9.59 Å². The van der Waals surface area contributed by atoms with E-state index in [9.17, 15) is 9.59 Å². The number of hydrogen-bond donors (Lipinski definition) is 2. The van der Waals surface area contributed by atoms with Crippen molar-refractivity contribution in [3.05, 3.63) is 0 Å². The highest BCUT2D eigenvalue weighted by Crippen LogP contribution is 2.13. The number of ether oxygens (including phenoxy) is 1. The number of rotatable bonds is 11. The Balaban J connectivity index is 3.46. The van der Waals surface area contributed by atoms with Gasteiger partial charge in [-0.25, -0.2) is 0 Å². The minimum atomic E-state index is -0.717. The average molecular weight is 301 g/mol. The van der Waals surface area contributed by atoms with E-state index in [0.717, 1.165) is 44.9 Å². The first-order valence-corrected chi connectivity index (χ1v) is 7.92. The van der Waals surface area contributed by atoms with Crippen LogP contribution in [0.25, 0.3) is 0 Å². The Kier molecular flexibility index (Phi) is 10.0. The third kappa shape index (κ3) is 13.6. The van der Waals surface area contributed by atoms with E-state index in [1.807, 2.05) is 20.8 Å². The molecule has 0 fully saturated rings. The summed E-state index contributed by atoms with van der Waals surface area (Å²) in [6, 6.07) is -0.528. The van der Waals surface area contributed by atoms with Crippen LogP contribution in [-0.2, 0) is 14.3 Å². The number of carboxylic acids is 1. The van der Waals surface area contributed by atoms with Gasteiger partial charge in [-0.1, -0.05) is 38.5 Å². The molecule has 0 spiro atoms. The van der Waals surface area contributed by atoms with Crippen LogP contribution in [0, 0.1) is 0 Å². The van der Waals surface area contributed by atoms with Crippen LogP contribution in [0.3, 0.4) is 0 Å². The molecule has 0 aromatic rings. The van der Waals surface area contributed by atoms with Crippen molar-refractivity contribution in [2.45, 2.75) is 90.2 Å². The van der Waals surface area contributed by atoms with Gasteiger partial charge >= 0.3 is 11.9 Å². The molecule has 21 heavy (non-hydrogen) atoms. The Labute approximate surface area is 128 Å². The lowest BCUT2D eigenvalue weighted by Gasteiger charge is -2.22. The molecule has 0 aliphatic rings. The molecule has 0 aliphatic carbocycles. The van der Waals surface area contributed by atoms with Gasteiger partial charge in [-0.05, 0) is 33.6 Å². The number of hydrogen-bond acceptors (Lipinski definition) is 4. The van der Waals surface area contributed by atoms with E-state index < -0.39 is 17.6 Å². The van der Waals surface area contributed by atoms with Gasteiger partial charge in [-0.2, -0.15) is 0 Å². The van der Waals surface area contributed by atoms with Crippen LogP contribution in [0.5, 0.6) is 0 Å². The molecular formula is C16H31NO4. The maximum Gasteiger partial charge on any atom is 0.323 e. The Bertz CT molecular complexity index is 310. The normalized spacial score (nSPS) is 13.0. The summed E-state index contributed by atoms with van der Waals surface area (Å²) in [5.41, 5.74) is 5.32. The number of carbonyl (C=O) groups is 2. The Hall–Kier alpha value is -1.10. The molecular weight excluding hydrogens is 270 g/mol. The van der Waals surface area contributed by atoms with Gasteiger partial charge in [0.2, 0.25) is 0 Å². The van der Waals surface area contributed by atoms with Crippen molar-refractivity contribution < 1.29 is 19.4 Å². The fourth-order valence-corrected chi connectivity index (χ4v) is 2.02. The lowest BCUT2D eigenvalue weighted by atomic mass is 10.0. The topological polar surface area (TPSA) is 89.6 Å². The first-order chi connectivity index (χ1) is 9.72. The number of carboxylic acid groups (broad SMARTS) is 1. The van der Waals surface area contributed by atoms with Crippen molar-refractivity contribution >= 4 is 11.9 Å². The molecule has 3 N–H and O–H groups in total. The van der Waals surface area contributed by atoms with Crippen molar-refractivity contribution in [2.24, 2.45) is 5.73 Å². The summed E-state index contributed by atoms with van der Waals surface area (Å²) in [5, 5.41) is 8.50. The maximum atomic E-state index is 11.7. The molecule has 0 aromatic carbocycles. The highest BCUT2D eigenvalue weighted by Gasteiger charge is 2.21. The number of nitrogens with two attached hydrogens (primary N) is 1. The van der Waals surface area contributed by atoms with Crippen LogP contribution in [0.1, 0.15) is 78.6 Å². The highest BCUT2D eigenvalue weighted by atomic mass is 16.6. The molecule has 0 bridgehead atoms. The smallest absolute Gasteiger partial charge is 0.323 e. The molecule has 0 amide bonds. The summed E-state index contributed by atoms with van der Waals surface area (Å²) in [6.45, 7) is 5.51. The van der Waals surface area contributed by atoms with Crippen molar-refractivity contribution in [1.82, 2.24) is 0 Å². The predicted molar refractivity (Wildman–Crippen MR) is 83.0 cm³/mol. The molecule has 1 atom stereocenters. The maximum absolute atomic E-state index is 11.7. The zero-order valence-electron chi connectivity index (χ0n) is 13.7. The monoisotopic (exact) mass is 301 g/mol. The molecule has 0 aliphatic heterocycles. The van der Waals surface area contributed by atoms with Gasteiger partial charge in [0.05, 0.1) is 0 Å². The van der Waals surface area contributed by atoms with Crippen LogP contribution in [0.2, 0.25) is 0 Å². The second-order valence-electron chi connectivity index (χ2n) is 6.55. The van der Waals surface area contributed by atoms with Crippen molar-refractivity contribution in [3.8, 4) is 0 Å². The fourth-order valence-electron chi connectivity index (χ4n) is 2.02. The Morgan fingerprint density at radius 3 is 1.95 bits per heavy atom. The first kappa shape index (κ1) is 19.9. The molecule has 0 heterocycles. The largest absolute Gasteiger partial charge is 0.481 e. The molecule has 0 radical (unpaired) electrons. The lowest BCUT2D eigenvalue weighted by Crippen LogP contribution is -2.37. The van der Waals surface area contributed by atoms with Crippen molar-refractivity contribution in [3.63, 3.8) is 0 Å². The molecule has 0 aromatic heterocycles. The Morgan fingerprint density at radius 1 is 1.00 bits per heavy atom. The van der Waals surface area contributed by atoms with Crippen LogP contribution >= 0.6 is 0 Å². The zero-order chi connectivity index (χ0) is 16.3. The van der Waals surface area contributed by atoms with Gasteiger partial charge < -0.3 is 15.6 Å². The van der Waals surface area contributed by atoms with Gasteiger partial charge in [0, 0.05) is 6.42 Å². The highest BCUT2D eigenvalue weighted by molar-refractivity contribution is 5.75.